The highest BCUT2D eigenvalue weighted by atomic mass is 35.5. The van der Waals surface area contributed by atoms with Gasteiger partial charge in [-0.05, 0) is 43.9 Å². The monoisotopic (exact) mass is 478 g/mol. The molecule has 3 N–H and O–H groups in total. The highest BCUT2D eigenvalue weighted by Crippen LogP contribution is 2.24. The topological polar surface area (TPSA) is 109 Å². The van der Waals surface area contributed by atoms with Gasteiger partial charge in [-0.2, -0.15) is 0 Å². The molecular formula is C22H27ClN4O4S. The summed E-state index contributed by atoms with van der Waals surface area (Å²) >= 11 is 7.61. The number of benzene rings is 1. The number of aromatic nitrogens is 1. The van der Waals surface area contributed by atoms with E-state index in [1.165, 1.54) is 17.4 Å². The van der Waals surface area contributed by atoms with Gasteiger partial charge in [0.1, 0.15) is 11.8 Å². The van der Waals surface area contributed by atoms with Gasteiger partial charge in [-0.1, -0.05) is 11.6 Å². The van der Waals surface area contributed by atoms with Crippen LogP contribution in [0.3, 0.4) is 0 Å². The van der Waals surface area contributed by atoms with Crippen molar-refractivity contribution in [3.05, 3.63) is 45.4 Å². The first kappa shape index (κ1) is 24.0. The number of carbonyl (C=O) groups is 3. The Kier molecular flexibility index (Phi) is 9.30. The van der Waals surface area contributed by atoms with Crippen molar-refractivity contribution in [1.29, 1.82) is 0 Å². The largest absolute Gasteiger partial charge is 0.493 e. The van der Waals surface area contributed by atoms with Crippen LogP contribution >= 0.6 is 22.9 Å². The Balaban J connectivity index is 1.72. The summed E-state index contributed by atoms with van der Waals surface area (Å²) in [6, 6.07) is 3.96. The molecule has 0 saturated carbocycles. The number of hydrogen-bond acceptors (Lipinski definition) is 6. The molecule has 32 heavy (non-hydrogen) atoms. The highest BCUT2D eigenvalue weighted by Gasteiger charge is 2.24. The number of amides is 3. The lowest BCUT2D eigenvalue weighted by molar-refractivity contribution is -0.124. The summed E-state index contributed by atoms with van der Waals surface area (Å²) in [5, 5.41) is 11.6. The second kappa shape index (κ2) is 12.4. The molecule has 8 nitrogen and oxygen atoms in total. The molecule has 3 rings (SSSR count). The number of halogens is 1. The second-order valence-corrected chi connectivity index (χ2v) is 8.85. The number of hydrogen-bond donors (Lipinski definition) is 3. The fourth-order valence-electron chi connectivity index (χ4n) is 3.28. The fourth-order valence-corrected chi connectivity index (χ4v) is 4.07. The van der Waals surface area contributed by atoms with E-state index in [4.69, 9.17) is 16.3 Å². The van der Waals surface area contributed by atoms with Crippen LogP contribution in [-0.2, 0) is 16.0 Å². The van der Waals surface area contributed by atoms with Crippen molar-refractivity contribution in [3.63, 3.8) is 0 Å². The lowest BCUT2D eigenvalue weighted by atomic mass is 10.1. The fraction of sp³-hybridized carbons (Fsp3) is 0.455. The molecule has 1 aliphatic rings. The minimum atomic E-state index is -0.874. The van der Waals surface area contributed by atoms with E-state index in [9.17, 15) is 14.4 Å². The molecule has 0 fully saturated rings. The zero-order valence-electron chi connectivity index (χ0n) is 17.7. The van der Waals surface area contributed by atoms with Crippen LogP contribution in [0.5, 0.6) is 5.75 Å². The number of thiazole rings is 1. The third-order valence-electron chi connectivity index (χ3n) is 4.99. The molecule has 0 unspecified atom stereocenters. The minimum absolute atomic E-state index is 0.129. The SMILES string of the molecule is O=C1CC[C@@H](C(=O)NCCc2nccs2)NC(=O)c2cc(Cl)ccc2OCCCCCN1. The lowest BCUT2D eigenvalue weighted by Gasteiger charge is -2.19. The third kappa shape index (κ3) is 7.49. The van der Waals surface area contributed by atoms with Gasteiger partial charge in [-0.25, -0.2) is 4.98 Å². The van der Waals surface area contributed by atoms with E-state index in [-0.39, 0.29) is 30.2 Å². The van der Waals surface area contributed by atoms with E-state index < -0.39 is 11.9 Å². The molecule has 0 radical (unpaired) electrons. The normalized spacial score (nSPS) is 18.2. The molecule has 10 heteroatoms. The van der Waals surface area contributed by atoms with Crippen molar-refractivity contribution < 1.29 is 19.1 Å². The van der Waals surface area contributed by atoms with Crippen LogP contribution in [0, 0.1) is 0 Å². The van der Waals surface area contributed by atoms with Crippen LogP contribution in [0.15, 0.2) is 29.8 Å². The Labute approximate surface area is 196 Å². The first-order valence-corrected chi connectivity index (χ1v) is 11.9. The first-order chi connectivity index (χ1) is 15.5. The summed E-state index contributed by atoms with van der Waals surface area (Å²) in [4.78, 5) is 42.2. The molecule has 1 atom stereocenters. The standard InChI is InChI=1S/C22H27ClN4O4S/c23-15-4-6-18-16(14-15)21(29)27-17(22(30)26-10-8-20-25-11-13-32-20)5-7-19(28)24-9-2-1-3-12-31-18/h4,6,11,13-14,17H,1-3,5,7-10,12H2,(H,24,28)(H,26,30)(H,27,29)/t17-/m0/s1. The smallest absolute Gasteiger partial charge is 0.255 e. The number of fused-ring (bicyclic) bond motifs is 1. The number of rotatable bonds is 4. The molecule has 0 saturated heterocycles. The average molecular weight is 479 g/mol. The molecule has 0 bridgehead atoms. The van der Waals surface area contributed by atoms with Gasteiger partial charge in [0.15, 0.2) is 0 Å². The molecule has 1 aliphatic heterocycles. The maximum Gasteiger partial charge on any atom is 0.255 e. The van der Waals surface area contributed by atoms with E-state index in [1.807, 2.05) is 5.38 Å². The van der Waals surface area contributed by atoms with E-state index >= 15 is 0 Å². The van der Waals surface area contributed by atoms with Crippen molar-refractivity contribution in [3.8, 4) is 5.75 Å². The molecule has 2 aromatic rings. The van der Waals surface area contributed by atoms with E-state index in [2.05, 4.69) is 20.9 Å². The zero-order chi connectivity index (χ0) is 22.8. The Morgan fingerprint density at radius 2 is 2.16 bits per heavy atom. The maximum absolute atomic E-state index is 13.0. The third-order valence-corrected chi connectivity index (χ3v) is 6.07. The van der Waals surface area contributed by atoms with Crippen molar-refractivity contribution in [2.75, 3.05) is 19.7 Å². The average Bonchev–Trinajstić information content (AvgIpc) is 3.29. The van der Waals surface area contributed by atoms with Gasteiger partial charge in [-0.3, -0.25) is 14.4 Å². The zero-order valence-corrected chi connectivity index (χ0v) is 19.3. The Bertz CT molecular complexity index is 923. The number of ether oxygens (including phenoxy) is 1. The highest BCUT2D eigenvalue weighted by molar-refractivity contribution is 7.09. The first-order valence-electron chi connectivity index (χ1n) is 10.7. The summed E-state index contributed by atoms with van der Waals surface area (Å²) in [6.45, 7) is 1.40. The van der Waals surface area contributed by atoms with Gasteiger partial charge in [-0.15, -0.1) is 11.3 Å². The van der Waals surface area contributed by atoms with Crippen LogP contribution in [0.25, 0.3) is 0 Å². The van der Waals surface area contributed by atoms with Crippen molar-refractivity contribution >= 4 is 40.7 Å². The van der Waals surface area contributed by atoms with Gasteiger partial charge in [0.25, 0.3) is 5.91 Å². The lowest BCUT2D eigenvalue weighted by Crippen LogP contribution is -2.47. The molecule has 172 valence electrons. The van der Waals surface area contributed by atoms with Crippen LogP contribution in [0.4, 0.5) is 0 Å². The maximum atomic E-state index is 13.0. The minimum Gasteiger partial charge on any atom is -0.493 e. The van der Waals surface area contributed by atoms with E-state index in [0.29, 0.717) is 36.9 Å². The molecule has 1 aromatic carbocycles. The molecule has 0 spiro atoms. The summed E-state index contributed by atoms with van der Waals surface area (Å²) in [6.07, 6.45) is 5.13. The van der Waals surface area contributed by atoms with E-state index in [0.717, 1.165) is 24.3 Å². The summed E-state index contributed by atoms with van der Waals surface area (Å²) in [5.41, 5.74) is 0.261. The summed E-state index contributed by atoms with van der Waals surface area (Å²) < 4.78 is 5.80. The molecule has 0 aliphatic carbocycles. The Hall–Kier alpha value is -2.65. The van der Waals surface area contributed by atoms with Gasteiger partial charge in [0.05, 0.1) is 17.2 Å². The Morgan fingerprint density at radius 1 is 1.28 bits per heavy atom. The predicted molar refractivity (Wildman–Crippen MR) is 123 cm³/mol. The molecule has 2 heterocycles. The number of nitrogens with one attached hydrogen (secondary N) is 3. The number of carbonyl (C=O) groups excluding carboxylic acids is 3. The van der Waals surface area contributed by atoms with Crippen LogP contribution in [0.2, 0.25) is 5.02 Å². The van der Waals surface area contributed by atoms with Crippen LogP contribution in [-0.4, -0.2) is 48.4 Å². The quantitative estimate of drug-likeness (QED) is 0.626. The molecule has 1 aromatic heterocycles. The molecule has 3 amide bonds. The van der Waals surface area contributed by atoms with Crippen molar-refractivity contribution in [1.82, 2.24) is 20.9 Å². The van der Waals surface area contributed by atoms with Crippen LogP contribution in [0.1, 0.15) is 47.5 Å². The molecular weight excluding hydrogens is 452 g/mol. The second-order valence-electron chi connectivity index (χ2n) is 7.43. The summed E-state index contributed by atoms with van der Waals surface area (Å²) in [7, 11) is 0. The van der Waals surface area contributed by atoms with Crippen molar-refractivity contribution in [2.24, 2.45) is 0 Å². The van der Waals surface area contributed by atoms with Crippen LogP contribution < -0.4 is 20.7 Å². The van der Waals surface area contributed by atoms with E-state index in [1.54, 1.807) is 18.3 Å². The van der Waals surface area contributed by atoms with Gasteiger partial charge >= 0.3 is 0 Å². The van der Waals surface area contributed by atoms with Gasteiger partial charge in [0, 0.05) is 42.5 Å². The predicted octanol–water partition coefficient (Wildman–Crippen LogP) is 2.71. The van der Waals surface area contributed by atoms with Crippen molar-refractivity contribution in [2.45, 2.75) is 44.6 Å². The number of nitrogens with zero attached hydrogens (tertiary/aromatic N) is 1. The Morgan fingerprint density at radius 3 is 2.97 bits per heavy atom. The van der Waals surface area contributed by atoms with Gasteiger partial charge in [0.2, 0.25) is 11.8 Å². The van der Waals surface area contributed by atoms with Gasteiger partial charge < -0.3 is 20.7 Å². The summed E-state index contributed by atoms with van der Waals surface area (Å²) in [5.74, 6) is -0.553.